The van der Waals surface area contributed by atoms with Crippen molar-refractivity contribution in [3.8, 4) is 5.75 Å². The molecular weight excluding hydrogens is 334 g/mol. The number of ether oxygens (including phenoxy) is 1. The van der Waals surface area contributed by atoms with Gasteiger partial charge in [0.1, 0.15) is 11.3 Å². The van der Waals surface area contributed by atoms with Gasteiger partial charge < -0.3 is 15.0 Å². The molecule has 1 aromatic carbocycles. The zero-order chi connectivity index (χ0) is 17.3. The number of nitrogens with one attached hydrogen (secondary N) is 2. The molecule has 0 radical (unpaired) electrons. The van der Waals surface area contributed by atoms with Crippen molar-refractivity contribution in [1.29, 1.82) is 0 Å². The van der Waals surface area contributed by atoms with Crippen molar-refractivity contribution in [3.05, 3.63) is 29.3 Å². The van der Waals surface area contributed by atoms with E-state index in [4.69, 9.17) is 16.3 Å². The van der Waals surface area contributed by atoms with Crippen LogP contribution in [0, 0.1) is 0 Å². The number of imide groups is 1. The second kappa shape index (κ2) is 6.32. The van der Waals surface area contributed by atoms with E-state index < -0.39 is 17.7 Å². The number of para-hydroxylation sites is 1. The Morgan fingerprint density at radius 2 is 1.96 bits per heavy atom. The van der Waals surface area contributed by atoms with Gasteiger partial charge in [-0.1, -0.05) is 23.7 Å². The summed E-state index contributed by atoms with van der Waals surface area (Å²) < 4.78 is 5.64. The molecular formula is C16H18ClN3O4. The smallest absolute Gasteiger partial charge is 0.322 e. The van der Waals surface area contributed by atoms with Gasteiger partial charge in [0.2, 0.25) is 0 Å². The molecule has 1 atom stereocenters. The Bertz CT molecular complexity index is 686. The Labute approximate surface area is 144 Å². The van der Waals surface area contributed by atoms with Crippen LogP contribution in [-0.4, -0.2) is 47.5 Å². The summed E-state index contributed by atoms with van der Waals surface area (Å²) in [6.07, 6.45) is 0.0792. The molecule has 24 heavy (non-hydrogen) atoms. The van der Waals surface area contributed by atoms with Gasteiger partial charge >= 0.3 is 6.03 Å². The van der Waals surface area contributed by atoms with Crippen LogP contribution in [0.15, 0.2) is 24.3 Å². The average molecular weight is 352 g/mol. The number of nitrogens with zero attached hydrogens (tertiary/aromatic N) is 1. The first-order valence-corrected chi connectivity index (χ1v) is 8.13. The lowest BCUT2D eigenvalue weighted by Gasteiger charge is -2.37. The van der Waals surface area contributed by atoms with Gasteiger partial charge in [0.15, 0.2) is 6.10 Å². The number of urea groups is 1. The Kier molecular flexibility index (Phi) is 4.36. The second-order valence-corrected chi connectivity index (χ2v) is 6.41. The number of hydrogen-bond acceptors (Lipinski definition) is 4. The minimum Gasteiger partial charge on any atom is -0.479 e. The number of halogens is 1. The minimum atomic E-state index is -0.888. The monoisotopic (exact) mass is 351 g/mol. The van der Waals surface area contributed by atoms with Crippen LogP contribution < -0.4 is 15.4 Å². The molecule has 1 spiro atoms. The summed E-state index contributed by atoms with van der Waals surface area (Å²) in [7, 11) is 0. The van der Waals surface area contributed by atoms with Crippen molar-refractivity contribution in [3.63, 3.8) is 0 Å². The lowest BCUT2D eigenvalue weighted by molar-refractivity contribution is -0.141. The minimum absolute atomic E-state index is 0.172. The molecule has 0 bridgehead atoms. The van der Waals surface area contributed by atoms with E-state index in [1.165, 1.54) is 0 Å². The van der Waals surface area contributed by atoms with Crippen LogP contribution in [0.3, 0.4) is 0 Å². The van der Waals surface area contributed by atoms with Crippen LogP contribution in [0.4, 0.5) is 4.79 Å². The van der Waals surface area contributed by atoms with Crippen molar-refractivity contribution in [1.82, 2.24) is 15.5 Å². The summed E-state index contributed by atoms with van der Waals surface area (Å²) in [5.41, 5.74) is -0.888. The fraction of sp³-hybridized carbons (Fsp3) is 0.438. The maximum atomic E-state index is 12.5. The van der Waals surface area contributed by atoms with Crippen molar-refractivity contribution in [2.75, 3.05) is 13.1 Å². The topological polar surface area (TPSA) is 87.7 Å². The molecule has 128 valence electrons. The summed E-state index contributed by atoms with van der Waals surface area (Å²) in [6.45, 7) is 2.42. The summed E-state index contributed by atoms with van der Waals surface area (Å²) in [5, 5.41) is 5.36. The van der Waals surface area contributed by atoms with Crippen molar-refractivity contribution < 1.29 is 19.1 Å². The molecule has 0 saturated carbocycles. The molecule has 1 unspecified atom stereocenters. The zero-order valence-electron chi connectivity index (χ0n) is 13.2. The predicted molar refractivity (Wildman–Crippen MR) is 86.8 cm³/mol. The zero-order valence-corrected chi connectivity index (χ0v) is 13.9. The van der Waals surface area contributed by atoms with E-state index in [0.717, 1.165) is 0 Å². The van der Waals surface area contributed by atoms with Gasteiger partial charge in [-0.15, -0.1) is 0 Å². The fourth-order valence-electron chi connectivity index (χ4n) is 3.03. The molecule has 2 saturated heterocycles. The third kappa shape index (κ3) is 3.03. The van der Waals surface area contributed by atoms with E-state index in [1.807, 2.05) is 0 Å². The number of amides is 4. The number of carbonyl (C=O) groups excluding carboxylic acids is 3. The molecule has 4 amide bonds. The van der Waals surface area contributed by atoms with Crippen LogP contribution in [0.2, 0.25) is 5.02 Å². The lowest BCUT2D eigenvalue weighted by Crippen LogP contribution is -2.57. The highest BCUT2D eigenvalue weighted by atomic mass is 35.5. The number of hydrogen-bond donors (Lipinski definition) is 2. The number of likely N-dealkylation sites (tertiary alicyclic amines) is 1. The van der Waals surface area contributed by atoms with E-state index >= 15 is 0 Å². The highest BCUT2D eigenvalue weighted by Crippen LogP contribution is 2.27. The first-order chi connectivity index (χ1) is 11.4. The molecule has 2 aliphatic heterocycles. The maximum absolute atomic E-state index is 12.5. The number of benzene rings is 1. The van der Waals surface area contributed by atoms with Gasteiger partial charge in [0, 0.05) is 13.1 Å². The van der Waals surface area contributed by atoms with Gasteiger partial charge in [-0.25, -0.2) is 4.79 Å². The van der Waals surface area contributed by atoms with E-state index in [2.05, 4.69) is 10.6 Å². The van der Waals surface area contributed by atoms with Crippen LogP contribution in [0.5, 0.6) is 5.75 Å². The van der Waals surface area contributed by atoms with Crippen LogP contribution in [-0.2, 0) is 9.59 Å². The van der Waals surface area contributed by atoms with Crippen LogP contribution in [0.1, 0.15) is 19.8 Å². The first-order valence-electron chi connectivity index (χ1n) is 7.75. The van der Waals surface area contributed by atoms with E-state index in [1.54, 1.807) is 36.1 Å². The third-order valence-corrected chi connectivity index (χ3v) is 4.74. The average Bonchev–Trinajstić information content (AvgIpc) is 2.83. The summed E-state index contributed by atoms with van der Waals surface area (Å²) in [6, 6.07) is 6.49. The molecule has 2 heterocycles. The van der Waals surface area contributed by atoms with Gasteiger partial charge in [-0.3, -0.25) is 14.9 Å². The predicted octanol–water partition coefficient (Wildman–Crippen LogP) is 1.31. The van der Waals surface area contributed by atoms with Gasteiger partial charge in [0.05, 0.1) is 5.02 Å². The number of piperidine rings is 1. The van der Waals surface area contributed by atoms with E-state index in [0.29, 0.717) is 36.7 Å². The molecule has 2 N–H and O–H groups in total. The van der Waals surface area contributed by atoms with Crippen LogP contribution >= 0.6 is 11.6 Å². The molecule has 8 heteroatoms. The Hall–Kier alpha value is -2.28. The van der Waals surface area contributed by atoms with Crippen molar-refractivity contribution in [2.45, 2.75) is 31.4 Å². The van der Waals surface area contributed by atoms with Crippen molar-refractivity contribution >= 4 is 29.4 Å². The normalized spacial score (nSPS) is 20.5. The second-order valence-electron chi connectivity index (χ2n) is 6.01. The number of rotatable bonds is 3. The lowest BCUT2D eigenvalue weighted by atomic mass is 9.87. The quantitative estimate of drug-likeness (QED) is 0.804. The summed E-state index contributed by atoms with van der Waals surface area (Å²) >= 11 is 6.04. The standard InChI is InChI=1S/C16H18ClN3O4/c1-10(24-12-5-3-2-4-11(12)17)13(21)20-8-6-16(7-9-20)14(22)18-15(23)19-16/h2-5,10H,6-9H2,1H3,(H2,18,19,22,23). The Morgan fingerprint density at radius 1 is 1.29 bits per heavy atom. The fourth-order valence-corrected chi connectivity index (χ4v) is 3.21. The highest BCUT2D eigenvalue weighted by Gasteiger charge is 2.48. The maximum Gasteiger partial charge on any atom is 0.322 e. The first kappa shape index (κ1) is 16.6. The van der Waals surface area contributed by atoms with E-state index in [9.17, 15) is 14.4 Å². The molecule has 3 rings (SSSR count). The van der Waals surface area contributed by atoms with E-state index in [-0.39, 0.29) is 11.8 Å². The van der Waals surface area contributed by atoms with Crippen LogP contribution in [0.25, 0.3) is 0 Å². The molecule has 1 aromatic rings. The molecule has 7 nitrogen and oxygen atoms in total. The summed E-state index contributed by atoms with van der Waals surface area (Å²) in [5.74, 6) is -0.0367. The SMILES string of the molecule is CC(Oc1ccccc1Cl)C(=O)N1CCC2(CC1)NC(=O)NC2=O. The molecule has 0 aromatic heterocycles. The Balaban J connectivity index is 1.60. The number of carbonyl (C=O) groups is 3. The molecule has 2 fully saturated rings. The van der Waals surface area contributed by atoms with Gasteiger partial charge in [0.25, 0.3) is 11.8 Å². The van der Waals surface area contributed by atoms with Gasteiger partial charge in [-0.05, 0) is 31.9 Å². The van der Waals surface area contributed by atoms with Gasteiger partial charge in [-0.2, -0.15) is 0 Å². The molecule has 2 aliphatic rings. The third-order valence-electron chi connectivity index (χ3n) is 4.43. The van der Waals surface area contributed by atoms with Crippen molar-refractivity contribution in [2.24, 2.45) is 0 Å². The molecule has 0 aliphatic carbocycles. The summed E-state index contributed by atoms with van der Waals surface area (Å²) in [4.78, 5) is 37.4. The largest absolute Gasteiger partial charge is 0.479 e. The Morgan fingerprint density at radius 3 is 2.54 bits per heavy atom. The highest BCUT2D eigenvalue weighted by molar-refractivity contribution is 6.32.